The second-order valence-corrected chi connectivity index (χ2v) is 4.31. The Bertz CT molecular complexity index is 387. The van der Waals surface area contributed by atoms with Crippen LogP contribution in [0.5, 0.6) is 0 Å². The van der Waals surface area contributed by atoms with E-state index in [0.717, 1.165) is 25.0 Å². The second-order valence-electron chi connectivity index (χ2n) is 4.31. The number of rotatable bonds is 4. The third-order valence-corrected chi connectivity index (χ3v) is 2.96. The summed E-state index contributed by atoms with van der Waals surface area (Å²) in [6.07, 6.45) is 2.64. The Labute approximate surface area is 101 Å². The normalized spacial score (nSPS) is 19.2. The third-order valence-electron chi connectivity index (χ3n) is 2.96. The van der Waals surface area contributed by atoms with Gasteiger partial charge in [0, 0.05) is 18.8 Å². The molecule has 1 heterocycles. The summed E-state index contributed by atoms with van der Waals surface area (Å²) >= 11 is 0. The van der Waals surface area contributed by atoms with E-state index in [-0.39, 0.29) is 12.0 Å². The molecule has 3 N–H and O–H groups in total. The van der Waals surface area contributed by atoms with Crippen LogP contribution in [0.1, 0.15) is 18.4 Å². The van der Waals surface area contributed by atoms with Gasteiger partial charge in [-0.3, -0.25) is 4.79 Å². The lowest BCUT2D eigenvalue weighted by Gasteiger charge is -2.11. The molecule has 1 aromatic carbocycles. The first-order chi connectivity index (χ1) is 8.25. The SMILES string of the molecule is Nc1ccccc1CC(=O)NC[C@@H]1CCCO1. The molecule has 1 amide bonds. The van der Waals surface area contributed by atoms with Crippen LogP contribution in [0.15, 0.2) is 24.3 Å². The standard InChI is InChI=1S/C13H18N2O2/c14-12-6-2-1-4-10(12)8-13(16)15-9-11-5-3-7-17-11/h1-2,4,6,11H,3,5,7-9,14H2,(H,15,16)/t11-/m0/s1. The monoisotopic (exact) mass is 234 g/mol. The fraction of sp³-hybridized carbons (Fsp3) is 0.462. The summed E-state index contributed by atoms with van der Waals surface area (Å²) in [7, 11) is 0. The number of benzene rings is 1. The number of amides is 1. The number of nitrogen functional groups attached to an aromatic ring is 1. The van der Waals surface area contributed by atoms with Crippen molar-refractivity contribution in [1.82, 2.24) is 5.32 Å². The van der Waals surface area contributed by atoms with Crippen LogP contribution in [0.3, 0.4) is 0 Å². The van der Waals surface area contributed by atoms with Crippen molar-refractivity contribution >= 4 is 11.6 Å². The molecule has 1 atom stereocenters. The molecule has 92 valence electrons. The van der Waals surface area contributed by atoms with Gasteiger partial charge in [-0.2, -0.15) is 0 Å². The Morgan fingerprint density at radius 2 is 2.29 bits per heavy atom. The maximum Gasteiger partial charge on any atom is 0.224 e. The van der Waals surface area contributed by atoms with Gasteiger partial charge in [-0.05, 0) is 24.5 Å². The van der Waals surface area contributed by atoms with E-state index >= 15 is 0 Å². The molecule has 0 saturated carbocycles. The molecule has 1 aliphatic rings. The largest absolute Gasteiger partial charge is 0.398 e. The first-order valence-electron chi connectivity index (χ1n) is 5.97. The summed E-state index contributed by atoms with van der Waals surface area (Å²) in [5, 5.41) is 2.88. The topological polar surface area (TPSA) is 64.4 Å². The van der Waals surface area contributed by atoms with Crippen LogP contribution < -0.4 is 11.1 Å². The summed E-state index contributed by atoms with van der Waals surface area (Å²) in [5.74, 6) is -0.00148. The number of hydrogen-bond acceptors (Lipinski definition) is 3. The predicted octanol–water partition coefficient (Wildman–Crippen LogP) is 1.11. The van der Waals surface area contributed by atoms with Gasteiger partial charge in [-0.1, -0.05) is 18.2 Å². The fourth-order valence-electron chi connectivity index (χ4n) is 1.96. The van der Waals surface area contributed by atoms with E-state index in [0.29, 0.717) is 18.7 Å². The zero-order chi connectivity index (χ0) is 12.1. The van der Waals surface area contributed by atoms with E-state index in [9.17, 15) is 4.79 Å². The lowest BCUT2D eigenvalue weighted by atomic mass is 10.1. The molecule has 2 rings (SSSR count). The van der Waals surface area contributed by atoms with Crippen molar-refractivity contribution in [2.24, 2.45) is 0 Å². The Balaban J connectivity index is 1.79. The van der Waals surface area contributed by atoms with Crippen LogP contribution in [0.2, 0.25) is 0 Å². The van der Waals surface area contributed by atoms with E-state index in [1.807, 2.05) is 24.3 Å². The molecule has 0 aromatic heterocycles. The first-order valence-corrected chi connectivity index (χ1v) is 5.97. The molecule has 4 heteroatoms. The Morgan fingerprint density at radius 1 is 1.47 bits per heavy atom. The smallest absolute Gasteiger partial charge is 0.224 e. The summed E-state index contributed by atoms with van der Waals surface area (Å²) in [6, 6.07) is 7.44. The van der Waals surface area contributed by atoms with Crippen molar-refractivity contribution in [2.45, 2.75) is 25.4 Å². The quantitative estimate of drug-likeness (QED) is 0.767. The summed E-state index contributed by atoms with van der Waals surface area (Å²) in [4.78, 5) is 11.7. The lowest BCUT2D eigenvalue weighted by Crippen LogP contribution is -2.32. The maximum atomic E-state index is 11.7. The Morgan fingerprint density at radius 3 is 3.00 bits per heavy atom. The summed E-state index contributed by atoms with van der Waals surface area (Å²) in [6.45, 7) is 1.41. The fourth-order valence-corrected chi connectivity index (χ4v) is 1.96. The molecule has 0 spiro atoms. The summed E-state index contributed by atoms with van der Waals surface area (Å²) < 4.78 is 5.44. The van der Waals surface area contributed by atoms with Gasteiger partial charge in [0.1, 0.15) is 0 Å². The average molecular weight is 234 g/mol. The van der Waals surface area contributed by atoms with Crippen LogP contribution in [0.4, 0.5) is 5.69 Å². The highest BCUT2D eigenvalue weighted by Crippen LogP contribution is 2.12. The first kappa shape index (κ1) is 11.9. The molecule has 1 aromatic rings. The zero-order valence-corrected chi connectivity index (χ0v) is 9.82. The third kappa shape index (κ3) is 3.46. The van der Waals surface area contributed by atoms with Gasteiger partial charge >= 0.3 is 0 Å². The van der Waals surface area contributed by atoms with Gasteiger partial charge in [0.25, 0.3) is 0 Å². The Kier molecular flexibility index (Phi) is 3.98. The molecule has 0 radical (unpaired) electrons. The zero-order valence-electron chi connectivity index (χ0n) is 9.82. The van der Waals surface area contributed by atoms with E-state index in [2.05, 4.69) is 5.32 Å². The molecule has 1 saturated heterocycles. The van der Waals surface area contributed by atoms with Crippen molar-refractivity contribution in [2.75, 3.05) is 18.9 Å². The highest BCUT2D eigenvalue weighted by atomic mass is 16.5. The minimum absolute atomic E-state index is 0.00148. The number of nitrogens with two attached hydrogens (primary N) is 1. The van der Waals surface area contributed by atoms with Crippen molar-refractivity contribution in [3.8, 4) is 0 Å². The molecule has 1 aliphatic heterocycles. The van der Waals surface area contributed by atoms with E-state index in [1.54, 1.807) is 0 Å². The number of nitrogens with one attached hydrogen (secondary N) is 1. The van der Waals surface area contributed by atoms with Crippen LogP contribution in [0, 0.1) is 0 Å². The van der Waals surface area contributed by atoms with Gasteiger partial charge in [0.2, 0.25) is 5.91 Å². The van der Waals surface area contributed by atoms with Gasteiger partial charge in [-0.25, -0.2) is 0 Å². The maximum absolute atomic E-state index is 11.7. The van der Waals surface area contributed by atoms with E-state index < -0.39 is 0 Å². The number of hydrogen-bond donors (Lipinski definition) is 2. The van der Waals surface area contributed by atoms with Crippen molar-refractivity contribution in [3.63, 3.8) is 0 Å². The Hall–Kier alpha value is -1.55. The second kappa shape index (κ2) is 5.68. The molecule has 0 aliphatic carbocycles. The molecule has 1 fully saturated rings. The number of para-hydroxylation sites is 1. The molecule has 4 nitrogen and oxygen atoms in total. The number of carbonyl (C=O) groups excluding carboxylic acids is 1. The van der Waals surface area contributed by atoms with Crippen molar-refractivity contribution in [1.29, 1.82) is 0 Å². The van der Waals surface area contributed by atoms with Crippen LogP contribution >= 0.6 is 0 Å². The molecule has 0 unspecified atom stereocenters. The van der Waals surface area contributed by atoms with Gasteiger partial charge in [0.05, 0.1) is 12.5 Å². The van der Waals surface area contributed by atoms with Gasteiger partial charge in [-0.15, -0.1) is 0 Å². The van der Waals surface area contributed by atoms with Crippen LogP contribution in [-0.4, -0.2) is 25.2 Å². The molecule has 17 heavy (non-hydrogen) atoms. The molecule has 0 bridgehead atoms. The van der Waals surface area contributed by atoms with Crippen LogP contribution in [0.25, 0.3) is 0 Å². The van der Waals surface area contributed by atoms with E-state index in [1.165, 1.54) is 0 Å². The highest BCUT2D eigenvalue weighted by molar-refractivity contribution is 5.80. The average Bonchev–Trinajstić information content (AvgIpc) is 2.82. The highest BCUT2D eigenvalue weighted by Gasteiger charge is 2.16. The van der Waals surface area contributed by atoms with Crippen molar-refractivity contribution in [3.05, 3.63) is 29.8 Å². The minimum Gasteiger partial charge on any atom is -0.398 e. The molecular formula is C13H18N2O2. The molecular weight excluding hydrogens is 216 g/mol. The van der Waals surface area contributed by atoms with E-state index in [4.69, 9.17) is 10.5 Å². The van der Waals surface area contributed by atoms with Crippen molar-refractivity contribution < 1.29 is 9.53 Å². The minimum atomic E-state index is -0.00148. The summed E-state index contributed by atoms with van der Waals surface area (Å²) in [5.41, 5.74) is 7.32. The van der Waals surface area contributed by atoms with Gasteiger partial charge < -0.3 is 15.8 Å². The number of anilines is 1. The lowest BCUT2D eigenvalue weighted by molar-refractivity contribution is -0.120. The predicted molar refractivity (Wildman–Crippen MR) is 66.5 cm³/mol. The van der Waals surface area contributed by atoms with Crippen LogP contribution in [-0.2, 0) is 16.0 Å². The number of ether oxygens (including phenoxy) is 1. The van der Waals surface area contributed by atoms with Gasteiger partial charge in [0.15, 0.2) is 0 Å². The number of carbonyl (C=O) groups is 1.